The fourth-order valence-electron chi connectivity index (χ4n) is 0.985. The maximum Gasteiger partial charge on any atom is 0.0344 e. The molecule has 58 valence electrons. The molecule has 0 fully saturated rings. The second kappa shape index (κ2) is 3.11. The molecule has 0 atom stereocenters. The average molecular weight is 185 g/mol. The van der Waals surface area contributed by atoms with Crippen LogP contribution in [0.3, 0.4) is 0 Å². The SMILES string of the molecule is Nc1ccc2sccc2c1.[Cl-]. The van der Waals surface area contributed by atoms with E-state index in [9.17, 15) is 0 Å². The summed E-state index contributed by atoms with van der Waals surface area (Å²) in [6, 6.07) is 8.05. The summed E-state index contributed by atoms with van der Waals surface area (Å²) in [4.78, 5) is 0. The number of hydrogen-bond acceptors (Lipinski definition) is 2. The Balaban J connectivity index is 0.000000605. The van der Waals surface area contributed by atoms with Gasteiger partial charge in [-0.05, 0) is 35.0 Å². The third-order valence-electron chi connectivity index (χ3n) is 1.48. The van der Waals surface area contributed by atoms with Crippen LogP contribution >= 0.6 is 11.3 Å². The molecule has 0 saturated heterocycles. The minimum absolute atomic E-state index is 0. The molecular formula is C8H7ClNS-. The van der Waals surface area contributed by atoms with Crippen LogP contribution in [0.5, 0.6) is 0 Å². The molecule has 2 N–H and O–H groups in total. The van der Waals surface area contributed by atoms with Gasteiger partial charge in [-0.3, -0.25) is 0 Å². The molecule has 3 heteroatoms. The second-order valence-electron chi connectivity index (χ2n) is 2.22. The van der Waals surface area contributed by atoms with Crippen molar-refractivity contribution in [2.45, 2.75) is 0 Å². The van der Waals surface area contributed by atoms with Crippen LogP contribution in [0.15, 0.2) is 29.6 Å². The molecule has 0 bridgehead atoms. The molecule has 1 aromatic heterocycles. The van der Waals surface area contributed by atoms with E-state index in [0.717, 1.165) is 5.69 Å². The third-order valence-corrected chi connectivity index (χ3v) is 2.37. The van der Waals surface area contributed by atoms with E-state index in [-0.39, 0.29) is 12.4 Å². The van der Waals surface area contributed by atoms with Crippen molar-refractivity contribution < 1.29 is 12.4 Å². The van der Waals surface area contributed by atoms with Crippen molar-refractivity contribution in [1.29, 1.82) is 0 Å². The molecule has 0 unspecified atom stereocenters. The van der Waals surface area contributed by atoms with Crippen molar-refractivity contribution in [2.24, 2.45) is 0 Å². The highest BCUT2D eigenvalue weighted by Gasteiger charge is 1.92. The number of thiophene rings is 1. The van der Waals surface area contributed by atoms with Crippen molar-refractivity contribution in [1.82, 2.24) is 0 Å². The summed E-state index contributed by atoms with van der Waals surface area (Å²) >= 11 is 1.74. The van der Waals surface area contributed by atoms with Crippen LogP contribution in [0.1, 0.15) is 0 Å². The highest BCUT2D eigenvalue weighted by atomic mass is 35.5. The van der Waals surface area contributed by atoms with Gasteiger partial charge in [0.2, 0.25) is 0 Å². The Kier molecular flexibility index (Phi) is 2.37. The van der Waals surface area contributed by atoms with Crippen molar-refractivity contribution in [3.63, 3.8) is 0 Å². The van der Waals surface area contributed by atoms with Gasteiger partial charge in [-0.1, -0.05) is 0 Å². The standard InChI is InChI=1S/C8H7NS.ClH/c9-7-1-2-8-6(5-7)3-4-10-8;/h1-5H,9H2;1H/p-1. The molecule has 2 rings (SSSR count). The normalized spacial score (nSPS) is 9.45. The summed E-state index contributed by atoms with van der Waals surface area (Å²) in [6.45, 7) is 0. The highest BCUT2D eigenvalue weighted by molar-refractivity contribution is 7.17. The van der Waals surface area contributed by atoms with Crippen LogP contribution in [0.2, 0.25) is 0 Å². The Labute approximate surface area is 75.2 Å². The Morgan fingerprint density at radius 1 is 1.18 bits per heavy atom. The maximum atomic E-state index is 5.59. The summed E-state index contributed by atoms with van der Waals surface area (Å²) in [6.07, 6.45) is 0. The lowest BCUT2D eigenvalue weighted by atomic mass is 10.2. The quantitative estimate of drug-likeness (QED) is 0.549. The highest BCUT2D eigenvalue weighted by Crippen LogP contribution is 2.22. The van der Waals surface area contributed by atoms with E-state index >= 15 is 0 Å². The first-order chi connectivity index (χ1) is 4.86. The largest absolute Gasteiger partial charge is 1.00 e. The van der Waals surface area contributed by atoms with Gasteiger partial charge in [-0.25, -0.2) is 0 Å². The topological polar surface area (TPSA) is 26.0 Å². The Hall–Kier alpha value is -0.730. The van der Waals surface area contributed by atoms with Gasteiger partial charge in [0.1, 0.15) is 0 Å². The summed E-state index contributed by atoms with van der Waals surface area (Å²) in [5.74, 6) is 0. The van der Waals surface area contributed by atoms with E-state index in [1.165, 1.54) is 10.1 Å². The Morgan fingerprint density at radius 3 is 2.82 bits per heavy atom. The van der Waals surface area contributed by atoms with E-state index in [2.05, 4.69) is 17.5 Å². The lowest BCUT2D eigenvalue weighted by Crippen LogP contribution is -3.00. The molecule has 1 aromatic carbocycles. The minimum atomic E-state index is 0. The van der Waals surface area contributed by atoms with Gasteiger partial charge < -0.3 is 18.1 Å². The van der Waals surface area contributed by atoms with E-state index < -0.39 is 0 Å². The van der Waals surface area contributed by atoms with Crippen LogP contribution < -0.4 is 18.1 Å². The lowest BCUT2D eigenvalue weighted by molar-refractivity contribution is -0.00000189. The summed E-state index contributed by atoms with van der Waals surface area (Å²) in [5, 5.41) is 3.31. The molecule has 0 spiro atoms. The number of fused-ring (bicyclic) bond motifs is 1. The third kappa shape index (κ3) is 1.47. The van der Waals surface area contributed by atoms with Crippen molar-refractivity contribution in [3.8, 4) is 0 Å². The molecule has 0 amide bonds. The van der Waals surface area contributed by atoms with E-state index in [0.29, 0.717) is 0 Å². The molecular weight excluding hydrogens is 178 g/mol. The van der Waals surface area contributed by atoms with Crippen LogP contribution in [0.4, 0.5) is 5.69 Å². The monoisotopic (exact) mass is 184 g/mol. The van der Waals surface area contributed by atoms with Crippen molar-refractivity contribution in [3.05, 3.63) is 29.6 Å². The zero-order valence-corrected chi connectivity index (χ0v) is 7.32. The first kappa shape index (κ1) is 8.37. The first-order valence-electron chi connectivity index (χ1n) is 3.09. The molecule has 0 aliphatic carbocycles. The first-order valence-corrected chi connectivity index (χ1v) is 3.97. The summed E-state index contributed by atoms with van der Waals surface area (Å²) in [7, 11) is 0. The van der Waals surface area contributed by atoms with Crippen molar-refractivity contribution in [2.75, 3.05) is 5.73 Å². The maximum absolute atomic E-state index is 5.59. The lowest BCUT2D eigenvalue weighted by Gasteiger charge is -1.90. The molecule has 0 radical (unpaired) electrons. The second-order valence-corrected chi connectivity index (χ2v) is 3.17. The molecule has 0 aliphatic rings. The molecule has 1 nitrogen and oxygen atoms in total. The van der Waals surface area contributed by atoms with E-state index in [1.807, 2.05) is 12.1 Å². The van der Waals surface area contributed by atoms with Crippen molar-refractivity contribution >= 4 is 27.1 Å². The molecule has 2 aromatic rings. The van der Waals surface area contributed by atoms with Gasteiger partial charge in [-0.2, -0.15) is 0 Å². The Bertz CT molecular complexity index is 356. The molecule has 0 aliphatic heterocycles. The van der Waals surface area contributed by atoms with Gasteiger partial charge >= 0.3 is 0 Å². The number of rotatable bonds is 0. The van der Waals surface area contributed by atoms with Gasteiger partial charge in [0.15, 0.2) is 0 Å². The predicted octanol–water partition coefficient (Wildman–Crippen LogP) is -0.513. The smallest absolute Gasteiger partial charge is 0.0344 e. The minimum Gasteiger partial charge on any atom is -1.00 e. The molecule has 1 heterocycles. The zero-order chi connectivity index (χ0) is 6.97. The molecule has 0 saturated carbocycles. The van der Waals surface area contributed by atoms with Crippen LogP contribution in [-0.2, 0) is 0 Å². The molecule has 11 heavy (non-hydrogen) atoms. The summed E-state index contributed by atoms with van der Waals surface area (Å²) in [5.41, 5.74) is 6.43. The van der Waals surface area contributed by atoms with E-state index in [4.69, 9.17) is 5.73 Å². The van der Waals surface area contributed by atoms with E-state index in [1.54, 1.807) is 11.3 Å². The van der Waals surface area contributed by atoms with Gasteiger partial charge in [0.05, 0.1) is 0 Å². The number of nitrogen functional groups attached to an aromatic ring is 1. The van der Waals surface area contributed by atoms with Gasteiger partial charge in [0.25, 0.3) is 0 Å². The van der Waals surface area contributed by atoms with Gasteiger partial charge in [0, 0.05) is 10.4 Å². The average Bonchev–Trinajstić information content (AvgIpc) is 2.33. The number of halogens is 1. The van der Waals surface area contributed by atoms with Gasteiger partial charge in [-0.15, -0.1) is 11.3 Å². The zero-order valence-electron chi connectivity index (χ0n) is 5.75. The van der Waals surface area contributed by atoms with Crippen LogP contribution in [-0.4, -0.2) is 0 Å². The Morgan fingerprint density at radius 2 is 2.00 bits per heavy atom. The number of benzene rings is 1. The predicted molar refractivity (Wildman–Crippen MR) is 46.2 cm³/mol. The van der Waals surface area contributed by atoms with Crippen LogP contribution in [0, 0.1) is 0 Å². The number of nitrogens with two attached hydrogens (primary N) is 1. The fourth-order valence-corrected chi connectivity index (χ4v) is 1.76. The number of anilines is 1. The number of hydrogen-bond donors (Lipinski definition) is 1. The summed E-state index contributed by atoms with van der Waals surface area (Å²) < 4.78 is 1.30. The fraction of sp³-hybridized carbons (Fsp3) is 0. The van der Waals surface area contributed by atoms with Crippen LogP contribution in [0.25, 0.3) is 10.1 Å².